The molecule has 0 aliphatic rings. The number of carbonyl (C=O) groups is 1. The number of nitrogens with zero attached hydrogens (tertiary/aromatic N) is 2. The number of rotatable bonds is 4. The number of aromatic nitrogens is 3. The smallest absolute Gasteiger partial charge is 0.307 e. The Bertz CT molecular complexity index is 394. The summed E-state index contributed by atoms with van der Waals surface area (Å²) in [4.78, 5) is 11.0. The van der Waals surface area contributed by atoms with E-state index in [1.807, 2.05) is 18.4 Å². The summed E-state index contributed by atoms with van der Waals surface area (Å²) in [7, 11) is 1.38. The molecule has 0 saturated carbocycles. The zero-order chi connectivity index (χ0) is 11.4. The number of nitrogens with one attached hydrogen (secondary N) is 1. The Kier molecular flexibility index (Phi) is 4.02. The van der Waals surface area contributed by atoms with Crippen molar-refractivity contribution in [1.82, 2.24) is 14.8 Å². The van der Waals surface area contributed by atoms with Crippen LogP contribution in [0.15, 0.2) is 0 Å². The molecule has 1 heterocycles. The van der Waals surface area contributed by atoms with Gasteiger partial charge in [0, 0.05) is 12.5 Å². The van der Waals surface area contributed by atoms with Gasteiger partial charge in [-0.05, 0) is 12.2 Å². The Hall–Kier alpha value is -1.17. The van der Waals surface area contributed by atoms with E-state index in [1.165, 1.54) is 7.11 Å². The lowest BCUT2D eigenvalue weighted by Gasteiger charge is -2.07. The van der Waals surface area contributed by atoms with Crippen molar-refractivity contribution in [2.75, 3.05) is 7.11 Å². The molecule has 1 aromatic heterocycles. The van der Waals surface area contributed by atoms with E-state index in [2.05, 4.69) is 14.9 Å². The van der Waals surface area contributed by atoms with Crippen LogP contribution in [0.3, 0.4) is 0 Å². The summed E-state index contributed by atoms with van der Waals surface area (Å²) in [6, 6.07) is 0. The van der Waals surface area contributed by atoms with Gasteiger partial charge < -0.3 is 9.30 Å². The SMILES string of the molecule is COC(=O)CCn1c(C(C)C)n[nH]c1=S. The lowest BCUT2D eigenvalue weighted by atomic mass is 10.2. The highest BCUT2D eigenvalue weighted by Crippen LogP contribution is 2.11. The van der Waals surface area contributed by atoms with Crippen LogP contribution in [0.1, 0.15) is 32.0 Å². The summed E-state index contributed by atoms with van der Waals surface area (Å²) >= 11 is 5.07. The van der Waals surface area contributed by atoms with Crippen molar-refractivity contribution >= 4 is 18.2 Å². The molecule has 84 valence electrons. The van der Waals surface area contributed by atoms with Gasteiger partial charge in [0.2, 0.25) is 0 Å². The van der Waals surface area contributed by atoms with Crippen molar-refractivity contribution in [2.45, 2.75) is 32.7 Å². The molecule has 0 amide bonds. The molecule has 0 saturated heterocycles. The zero-order valence-electron chi connectivity index (χ0n) is 9.11. The lowest BCUT2D eigenvalue weighted by molar-refractivity contribution is -0.140. The lowest BCUT2D eigenvalue weighted by Crippen LogP contribution is -2.10. The van der Waals surface area contributed by atoms with Gasteiger partial charge in [-0.15, -0.1) is 0 Å². The maximum Gasteiger partial charge on any atom is 0.307 e. The van der Waals surface area contributed by atoms with E-state index >= 15 is 0 Å². The summed E-state index contributed by atoms with van der Waals surface area (Å²) in [6.45, 7) is 4.56. The van der Waals surface area contributed by atoms with Crippen LogP contribution in [0.5, 0.6) is 0 Å². The summed E-state index contributed by atoms with van der Waals surface area (Å²) in [5, 5.41) is 6.84. The molecule has 0 aliphatic heterocycles. The van der Waals surface area contributed by atoms with Gasteiger partial charge in [-0.1, -0.05) is 13.8 Å². The molecular weight excluding hydrogens is 214 g/mol. The minimum Gasteiger partial charge on any atom is -0.469 e. The molecule has 1 N–H and O–H groups in total. The monoisotopic (exact) mass is 229 g/mol. The number of esters is 1. The first-order valence-electron chi connectivity index (χ1n) is 4.78. The molecule has 0 aliphatic carbocycles. The van der Waals surface area contributed by atoms with Crippen LogP contribution in [0.4, 0.5) is 0 Å². The molecule has 0 atom stereocenters. The first-order chi connectivity index (χ1) is 7.06. The van der Waals surface area contributed by atoms with Crippen LogP contribution in [0.25, 0.3) is 0 Å². The molecule has 0 aromatic carbocycles. The minimum atomic E-state index is -0.243. The summed E-state index contributed by atoms with van der Waals surface area (Å²) < 4.78 is 6.95. The predicted octanol–water partition coefficient (Wildman–Crippen LogP) is 1.63. The Morgan fingerprint density at radius 2 is 2.33 bits per heavy atom. The van der Waals surface area contributed by atoms with Crippen LogP contribution in [0.2, 0.25) is 0 Å². The summed E-state index contributed by atoms with van der Waals surface area (Å²) in [6.07, 6.45) is 0.310. The van der Waals surface area contributed by atoms with E-state index < -0.39 is 0 Å². The fourth-order valence-corrected chi connectivity index (χ4v) is 1.52. The fraction of sp³-hybridized carbons (Fsp3) is 0.667. The highest BCUT2D eigenvalue weighted by atomic mass is 32.1. The Balaban J connectivity index is 2.79. The minimum absolute atomic E-state index is 0.243. The number of ether oxygens (including phenoxy) is 1. The number of hydrogen-bond acceptors (Lipinski definition) is 4. The second kappa shape index (κ2) is 5.06. The summed E-state index contributed by atoms with van der Waals surface area (Å²) in [5.74, 6) is 0.896. The summed E-state index contributed by atoms with van der Waals surface area (Å²) in [5.41, 5.74) is 0. The van der Waals surface area contributed by atoms with Crippen molar-refractivity contribution in [3.05, 3.63) is 10.6 Å². The van der Waals surface area contributed by atoms with Gasteiger partial charge in [-0.25, -0.2) is 0 Å². The largest absolute Gasteiger partial charge is 0.469 e. The molecule has 1 rings (SSSR count). The topological polar surface area (TPSA) is 59.9 Å². The molecule has 0 spiro atoms. The number of methoxy groups -OCH3 is 1. The predicted molar refractivity (Wildman–Crippen MR) is 58.1 cm³/mol. The van der Waals surface area contributed by atoms with E-state index in [9.17, 15) is 4.79 Å². The average Bonchev–Trinajstić information content (AvgIpc) is 2.56. The maximum atomic E-state index is 11.0. The van der Waals surface area contributed by atoms with Crippen molar-refractivity contribution in [2.24, 2.45) is 0 Å². The average molecular weight is 229 g/mol. The fourth-order valence-electron chi connectivity index (χ4n) is 1.29. The first-order valence-corrected chi connectivity index (χ1v) is 5.19. The Morgan fingerprint density at radius 3 is 2.87 bits per heavy atom. The van der Waals surface area contributed by atoms with Crippen LogP contribution in [-0.4, -0.2) is 27.8 Å². The number of hydrogen-bond donors (Lipinski definition) is 1. The Labute approximate surface area is 93.4 Å². The van der Waals surface area contributed by atoms with E-state index in [-0.39, 0.29) is 11.9 Å². The Morgan fingerprint density at radius 1 is 1.67 bits per heavy atom. The maximum absolute atomic E-state index is 11.0. The van der Waals surface area contributed by atoms with E-state index in [4.69, 9.17) is 12.2 Å². The first kappa shape index (κ1) is 11.9. The second-order valence-corrected chi connectivity index (χ2v) is 3.91. The number of H-pyrrole nitrogens is 1. The van der Waals surface area contributed by atoms with Gasteiger partial charge in [0.15, 0.2) is 4.77 Å². The molecule has 1 aromatic rings. The third-order valence-corrected chi connectivity index (χ3v) is 2.38. The normalized spacial score (nSPS) is 10.7. The van der Waals surface area contributed by atoms with Crippen LogP contribution in [0, 0.1) is 4.77 Å². The molecule has 0 radical (unpaired) electrons. The highest BCUT2D eigenvalue weighted by molar-refractivity contribution is 7.71. The molecule has 0 unspecified atom stereocenters. The van der Waals surface area contributed by atoms with Gasteiger partial charge in [0.25, 0.3) is 0 Å². The highest BCUT2D eigenvalue weighted by Gasteiger charge is 2.11. The van der Waals surface area contributed by atoms with Gasteiger partial charge in [-0.2, -0.15) is 5.10 Å². The third-order valence-electron chi connectivity index (χ3n) is 2.07. The van der Waals surface area contributed by atoms with Crippen molar-refractivity contribution < 1.29 is 9.53 Å². The van der Waals surface area contributed by atoms with Gasteiger partial charge in [0.1, 0.15) is 5.82 Å². The molecular formula is C9H15N3O2S. The van der Waals surface area contributed by atoms with Gasteiger partial charge in [-0.3, -0.25) is 9.89 Å². The molecule has 6 heteroatoms. The molecule has 0 fully saturated rings. The standard InChI is InChI=1S/C9H15N3O2S/c1-6(2)8-10-11-9(15)12(8)5-4-7(13)14-3/h6H,4-5H2,1-3H3,(H,11,15). The van der Waals surface area contributed by atoms with Crippen LogP contribution >= 0.6 is 12.2 Å². The quantitative estimate of drug-likeness (QED) is 0.629. The van der Waals surface area contributed by atoms with Gasteiger partial charge >= 0.3 is 5.97 Å². The van der Waals surface area contributed by atoms with Crippen molar-refractivity contribution in [3.8, 4) is 0 Å². The number of aromatic amines is 1. The third kappa shape index (κ3) is 2.89. The molecule has 0 bridgehead atoms. The second-order valence-electron chi connectivity index (χ2n) is 3.52. The number of carbonyl (C=O) groups excluding carboxylic acids is 1. The van der Waals surface area contributed by atoms with Crippen LogP contribution < -0.4 is 0 Å². The molecule has 5 nitrogen and oxygen atoms in total. The van der Waals surface area contributed by atoms with E-state index in [0.717, 1.165) is 5.82 Å². The van der Waals surface area contributed by atoms with E-state index in [0.29, 0.717) is 17.7 Å². The van der Waals surface area contributed by atoms with Crippen molar-refractivity contribution in [3.63, 3.8) is 0 Å². The molecule has 15 heavy (non-hydrogen) atoms. The van der Waals surface area contributed by atoms with Gasteiger partial charge in [0.05, 0.1) is 13.5 Å². The van der Waals surface area contributed by atoms with Crippen LogP contribution in [-0.2, 0) is 16.1 Å². The van der Waals surface area contributed by atoms with E-state index in [1.54, 1.807) is 0 Å². The van der Waals surface area contributed by atoms with Crippen molar-refractivity contribution in [1.29, 1.82) is 0 Å². The zero-order valence-corrected chi connectivity index (χ0v) is 9.93.